The summed E-state index contributed by atoms with van der Waals surface area (Å²) in [7, 11) is 3.14. The molecule has 9 nitrogen and oxygen atoms in total. The molecule has 2 amide bonds. The zero-order valence-corrected chi connectivity index (χ0v) is 18.3. The van der Waals surface area contributed by atoms with Crippen LogP contribution in [0.4, 0.5) is 10.5 Å². The van der Waals surface area contributed by atoms with Crippen molar-refractivity contribution in [3.63, 3.8) is 0 Å². The van der Waals surface area contributed by atoms with E-state index in [2.05, 4.69) is 10.4 Å². The van der Waals surface area contributed by atoms with E-state index in [4.69, 9.17) is 21.1 Å². The van der Waals surface area contributed by atoms with Gasteiger partial charge in [0.2, 0.25) is 0 Å². The fraction of sp³-hybridized carbons (Fsp3) is 0.550. The molecule has 164 valence electrons. The van der Waals surface area contributed by atoms with Gasteiger partial charge in [-0.05, 0) is 38.0 Å². The molecule has 1 fully saturated rings. The van der Waals surface area contributed by atoms with Crippen LogP contribution in [0.3, 0.4) is 0 Å². The van der Waals surface area contributed by atoms with Crippen molar-refractivity contribution in [2.45, 2.75) is 38.8 Å². The second-order valence-electron chi connectivity index (χ2n) is 7.14. The average Bonchev–Trinajstić information content (AvgIpc) is 3.07. The van der Waals surface area contributed by atoms with E-state index >= 15 is 0 Å². The normalized spacial score (nSPS) is 14.7. The van der Waals surface area contributed by atoms with E-state index < -0.39 is 0 Å². The summed E-state index contributed by atoms with van der Waals surface area (Å²) in [6, 6.07) is 4.89. The summed E-state index contributed by atoms with van der Waals surface area (Å²) in [5, 5.41) is 7.94. The summed E-state index contributed by atoms with van der Waals surface area (Å²) in [6.07, 6.45) is 1.47. The second kappa shape index (κ2) is 9.99. The summed E-state index contributed by atoms with van der Waals surface area (Å²) in [5.74, 6) is 1.47. The standard InChI is InChI=1S/C20H28ClN5O4/c1-4-25-18(23-26(20(25)28)11-12-29-2)14-7-9-24(10-8-14)19(27)22-16-13-15(21)5-6-17(16)30-3/h5-6,13-14H,4,7-12H2,1-3H3,(H,22,27). The van der Waals surface area contributed by atoms with Gasteiger partial charge in [-0.1, -0.05) is 11.6 Å². The third kappa shape index (κ3) is 4.79. The number of likely N-dealkylation sites (tertiary alicyclic amines) is 1. The number of ether oxygens (including phenoxy) is 2. The van der Waals surface area contributed by atoms with Crippen LogP contribution in [0.2, 0.25) is 5.02 Å². The van der Waals surface area contributed by atoms with Crippen molar-refractivity contribution in [3.05, 3.63) is 39.5 Å². The number of hydrogen-bond donors (Lipinski definition) is 1. The maximum Gasteiger partial charge on any atom is 0.345 e. The molecule has 0 atom stereocenters. The zero-order valence-electron chi connectivity index (χ0n) is 17.6. The molecule has 30 heavy (non-hydrogen) atoms. The smallest absolute Gasteiger partial charge is 0.345 e. The summed E-state index contributed by atoms with van der Waals surface area (Å²) >= 11 is 6.04. The maximum atomic E-state index is 12.7. The first-order valence-corrected chi connectivity index (χ1v) is 10.4. The molecule has 0 unspecified atom stereocenters. The SMILES string of the molecule is CCn1c(C2CCN(C(=O)Nc3cc(Cl)ccc3OC)CC2)nn(CCOC)c1=O. The molecule has 2 aromatic rings. The third-order valence-corrected chi connectivity index (χ3v) is 5.56. The number of anilines is 1. The number of benzene rings is 1. The number of piperidine rings is 1. The number of halogens is 1. The molecule has 2 heterocycles. The lowest BCUT2D eigenvalue weighted by Gasteiger charge is -2.31. The van der Waals surface area contributed by atoms with Gasteiger partial charge in [-0.2, -0.15) is 5.10 Å². The number of urea groups is 1. The monoisotopic (exact) mass is 437 g/mol. The van der Waals surface area contributed by atoms with Gasteiger partial charge in [0.1, 0.15) is 11.6 Å². The molecule has 0 spiro atoms. The van der Waals surface area contributed by atoms with Gasteiger partial charge in [0.15, 0.2) is 0 Å². The maximum absolute atomic E-state index is 12.7. The molecule has 1 aliphatic rings. The van der Waals surface area contributed by atoms with Crippen LogP contribution in [0.15, 0.2) is 23.0 Å². The van der Waals surface area contributed by atoms with Crippen molar-refractivity contribution < 1.29 is 14.3 Å². The lowest BCUT2D eigenvalue weighted by Crippen LogP contribution is -2.41. The van der Waals surface area contributed by atoms with Gasteiger partial charge in [-0.25, -0.2) is 14.3 Å². The molecule has 10 heteroatoms. The second-order valence-corrected chi connectivity index (χ2v) is 7.57. The van der Waals surface area contributed by atoms with E-state index in [0.717, 1.165) is 18.7 Å². The van der Waals surface area contributed by atoms with Crippen LogP contribution in [0, 0.1) is 0 Å². The van der Waals surface area contributed by atoms with Crippen molar-refractivity contribution >= 4 is 23.3 Å². The van der Waals surface area contributed by atoms with Gasteiger partial charge in [0.05, 0.1) is 25.9 Å². The van der Waals surface area contributed by atoms with E-state index in [9.17, 15) is 9.59 Å². The van der Waals surface area contributed by atoms with E-state index in [1.165, 1.54) is 4.68 Å². The minimum Gasteiger partial charge on any atom is -0.495 e. The van der Waals surface area contributed by atoms with Gasteiger partial charge in [0, 0.05) is 37.7 Å². The Kier molecular flexibility index (Phi) is 7.38. The van der Waals surface area contributed by atoms with Crippen molar-refractivity contribution in [1.82, 2.24) is 19.2 Å². The number of rotatable bonds is 7. The first-order valence-electron chi connectivity index (χ1n) is 10.0. The molecule has 0 radical (unpaired) electrons. The predicted molar refractivity (Wildman–Crippen MR) is 115 cm³/mol. The van der Waals surface area contributed by atoms with Crippen molar-refractivity contribution in [2.75, 3.05) is 39.2 Å². The molecule has 0 bridgehead atoms. The highest BCUT2D eigenvalue weighted by Crippen LogP contribution is 2.30. The Morgan fingerprint density at radius 1 is 1.30 bits per heavy atom. The quantitative estimate of drug-likeness (QED) is 0.719. The molecule has 1 aromatic carbocycles. The molecule has 1 aromatic heterocycles. The number of aromatic nitrogens is 3. The largest absolute Gasteiger partial charge is 0.495 e. The Morgan fingerprint density at radius 2 is 2.03 bits per heavy atom. The Bertz CT molecular complexity index is 934. The Labute approximate surface area is 180 Å². The lowest BCUT2D eigenvalue weighted by molar-refractivity contribution is 0.181. The topological polar surface area (TPSA) is 90.6 Å². The van der Waals surface area contributed by atoms with Crippen LogP contribution in [-0.4, -0.2) is 59.2 Å². The van der Waals surface area contributed by atoms with Gasteiger partial charge < -0.3 is 19.7 Å². The van der Waals surface area contributed by atoms with Gasteiger partial charge >= 0.3 is 11.7 Å². The number of amides is 2. The van der Waals surface area contributed by atoms with Crippen molar-refractivity contribution in [1.29, 1.82) is 0 Å². The molecular formula is C20H28ClN5O4. The molecule has 1 saturated heterocycles. The Hall–Kier alpha value is -2.52. The van der Waals surface area contributed by atoms with Gasteiger partial charge in [-0.15, -0.1) is 0 Å². The number of carbonyl (C=O) groups is 1. The number of carbonyl (C=O) groups excluding carboxylic acids is 1. The number of methoxy groups -OCH3 is 2. The molecular weight excluding hydrogens is 410 g/mol. The summed E-state index contributed by atoms with van der Waals surface area (Å²) in [5.41, 5.74) is 0.423. The highest BCUT2D eigenvalue weighted by Gasteiger charge is 2.28. The molecule has 1 N–H and O–H groups in total. The number of hydrogen-bond acceptors (Lipinski definition) is 5. The van der Waals surface area contributed by atoms with E-state index in [0.29, 0.717) is 49.2 Å². The van der Waals surface area contributed by atoms with Crippen LogP contribution in [0.1, 0.15) is 31.5 Å². The van der Waals surface area contributed by atoms with Crippen molar-refractivity contribution in [2.24, 2.45) is 0 Å². The fourth-order valence-electron chi connectivity index (χ4n) is 3.69. The molecule has 0 aliphatic carbocycles. The van der Waals surface area contributed by atoms with E-state index in [-0.39, 0.29) is 17.6 Å². The summed E-state index contributed by atoms with van der Waals surface area (Å²) in [6.45, 7) is 4.51. The highest BCUT2D eigenvalue weighted by atomic mass is 35.5. The first kappa shape index (κ1) is 22.2. The van der Waals surface area contributed by atoms with Crippen LogP contribution in [0.25, 0.3) is 0 Å². The minimum absolute atomic E-state index is 0.113. The third-order valence-electron chi connectivity index (χ3n) is 5.33. The predicted octanol–water partition coefficient (Wildman–Crippen LogP) is 2.78. The van der Waals surface area contributed by atoms with Crippen LogP contribution in [0.5, 0.6) is 5.75 Å². The minimum atomic E-state index is -0.201. The van der Waals surface area contributed by atoms with Gasteiger partial charge in [-0.3, -0.25) is 4.57 Å². The Balaban J connectivity index is 1.66. The molecule has 3 rings (SSSR count). The van der Waals surface area contributed by atoms with E-state index in [1.807, 2.05) is 6.92 Å². The molecule has 1 aliphatic heterocycles. The summed E-state index contributed by atoms with van der Waals surface area (Å²) < 4.78 is 13.5. The summed E-state index contributed by atoms with van der Waals surface area (Å²) in [4.78, 5) is 27.0. The fourth-order valence-corrected chi connectivity index (χ4v) is 3.87. The Morgan fingerprint density at radius 3 is 2.67 bits per heavy atom. The lowest BCUT2D eigenvalue weighted by atomic mass is 9.96. The van der Waals surface area contributed by atoms with Crippen LogP contribution < -0.4 is 15.7 Å². The van der Waals surface area contributed by atoms with Crippen LogP contribution in [-0.2, 0) is 17.8 Å². The highest BCUT2D eigenvalue weighted by molar-refractivity contribution is 6.31. The number of nitrogens with one attached hydrogen (secondary N) is 1. The van der Waals surface area contributed by atoms with Crippen molar-refractivity contribution in [3.8, 4) is 5.75 Å². The zero-order chi connectivity index (χ0) is 21.7. The van der Waals surface area contributed by atoms with Gasteiger partial charge in [0.25, 0.3) is 0 Å². The molecule has 0 saturated carbocycles. The van der Waals surface area contributed by atoms with Crippen LogP contribution >= 0.6 is 11.6 Å². The average molecular weight is 438 g/mol. The van der Waals surface area contributed by atoms with E-state index in [1.54, 1.807) is 41.9 Å². The first-order chi connectivity index (χ1) is 14.5. The number of nitrogens with zero attached hydrogens (tertiary/aromatic N) is 4.